The van der Waals surface area contributed by atoms with Crippen molar-refractivity contribution in [1.29, 1.82) is 0 Å². The molecule has 1 saturated heterocycles. The molecule has 0 aliphatic carbocycles. The maximum atomic E-state index is 12.7. The number of hydrogen-bond acceptors (Lipinski definition) is 6. The quantitative estimate of drug-likeness (QED) is 0.678. The van der Waals surface area contributed by atoms with Gasteiger partial charge >= 0.3 is 5.69 Å². The maximum Gasteiger partial charge on any atom is 0.384 e. The molecule has 3 heterocycles. The number of anilines is 1. The van der Waals surface area contributed by atoms with Crippen LogP contribution in [0.25, 0.3) is 11.0 Å². The van der Waals surface area contributed by atoms with E-state index in [1.54, 1.807) is 13.3 Å². The van der Waals surface area contributed by atoms with Crippen molar-refractivity contribution in [3.8, 4) is 5.75 Å². The Balaban J connectivity index is 1.66. The number of rotatable bonds is 5. The Bertz CT molecular complexity index is 993. The van der Waals surface area contributed by atoms with Gasteiger partial charge in [-0.1, -0.05) is 25.0 Å². The van der Waals surface area contributed by atoms with Gasteiger partial charge in [0.15, 0.2) is 5.65 Å². The van der Waals surface area contributed by atoms with Crippen molar-refractivity contribution in [3.05, 3.63) is 58.6 Å². The van der Waals surface area contributed by atoms with Crippen LogP contribution in [0.4, 0.5) is 5.82 Å². The largest absolute Gasteiger partial charge is 0.497 e. The summed E-state index contributed by atoms with van der Waals surface area (Å²) in [6, 6.07) is 11.3. The molecule has 1 aliphatic heterocycles. The Morgan fingerprint density at radius 2 is 1.79 bits per heavy atom. The van der Waals surface area contributed by atoms with Crippen molar-refractivity contribution >= 4 is 16.9 Å². The second-order valence-corrected chi connectivity index (χ2v) is 6.91. The van der Waals surface area contributed by atoms with E-state index in [1.807, 2.05) is 36.4 Å². The minimum atomic E-state index is -0.445. The molecule has 4 rings (SSSR count). The molecule has 1 fully saturated rings. The van der Waals surface area contributed by atoms with Crippen molar-refractivity contribution in [2.45, 2.75) is 32.3 Å². The molecule has 28 heavy (non-hydrogen) atoms. The van der Waals surface area contributed by atoms with Crippen molar-refractivity contribution in [1.82, 2.24) is 14.7 Å². The van der Waals surface area contributed by atoms with E-state index in [2.05, 4.69) is 14.9 Å². The fourth-order valence-corrected chi connectivity index (χ4v) is 3.52. The first-order chi connectivity index (χ1) is 13.8. The SMILES string of the molecule is COc1ccc(COn2c(=O)nc(N3CCCCCC3)c3cccnc32)cc1. The second kappa shape index (κ2) is 8.29. The number of fused-ring (bicyclic) bond motifs is 1. The van der Waals surface area contributed by atoms with Gasteiger partial charge in [0.2, 0.25) is 0 Å². The van der Waals surface area contributed by atoms with Gasteiger partial charge in [0, 0.05) is 19.3 Å². The number of aromatic nitrogens is 3. The average molecular weight is 380 g/mol. The van der Waals surface area contributed by atoms with Gasteiger partial charge in [0.25, 0.3) is 0 Å². The summed E-state index contributed by atoms with van der Waals surface area (Å²) in [5.74, 6) is 1.48. The highest BCUT2D eigenvalue weighted by Crippen LogP contribution is 2.24. The predicted octanol–water partition coefficient (Wildman–Crippen LogP) is 2.81. The Labute approximate surface area is 163 Å². The number of nitrogens with zero attached hydrogens (tertiary/aromatic N) is 4. The van der Waals surface area contributed by atoms with Crippen molar-refractivity contribution in [2.24, 2.45) is 0 Å². The highest BCUT2D eigenvalue weighted by molar-refractivity contribution is 5.86. The predicted molar refractivity (Wildman–Crippen MR) is 108 cm³/mol. The third-order valence-electron chi connectivity index (χ3n) is 5.02. The minimum Gasteiger partial charge on any atom is -0.497 e. The van der Waals surface area contributed by atoms with Crippen LogP contribution in [0, 0.1) is 0 Å². The van der Waals surface area contributed by atoms with E-state index < -0.39 is 5.69 Å². The van der Waals surface area contributed by atoms with E-state index in [0.29, 0.717) is 11.5 Å². The second-order valence-electron chi connectivity index (χ2n) is 6.91. The summed E-state index contributed by atoms with van der Waals surface area (Å²) < 4.78 is 6.36. The van der Waals surface area contributed by atoms with Crippen LogP contribution in [-0.2, 0) is 6.61 Å². The van der Waals surface area contributed by atoms with Gasteiger partial charge in [-0.25, -0.2) is 9.78 Å². The van der Waals surface area contributed by atoms with E-state index >= 15 is 0 Å². The molecular formula is C21H24N4O3. The van der Waals surface area contributed by atoms with Gasteiger partial charge in [-0.15, -0.1) is 4.73 Å². The van der Waals surface area contributed by atoms with Crippen LogP contribution in [-0.4, -0.2) is 34.9 Å². The molecule has 0 N–H and O–H groups in total. The smallest absolute Gasteiger partial charge is 0.384 e. The lowest BCUT2D eigenvalue weighted by atomic mass is 10.2. The molecule has 1 aliphatic rings. The standard InChI is InChI=1S/C21H24N4O3/c1-27-17-10-8-16(9-11-17)15-28-25-19-18(7-6-12-22-19)20(23-21(25)26)24-13-4-2-3-5-14-24/h6-12H,2-5,13-15H2,1H3. The van der Waals surface area contributed by atoms with Crippen LogP contribution < -0.4 is 20.2 Å². The molecule has 0 unspecified atom stereocenters. The van der Waals surface area contributed by atoms with Crippen LogP contribution in [0.15, 0.2) is 47.4 Å². The van der Waals surface area contributed by atoms with Crippen molar-refractivity contribution < 1.29 is 9.57 Å². The van der Waals surface area contributed by atoms with Gasteiger partial charge in [0.1, 0.15) is 18.2 Å². The molecule has 2 aromatic heterocycles. The molecule has 0 bridgehead atoms. The molecule has 7 heteroatoms. The van der Waals surface area contributed by atoms with Gasteiger partial charge in [-0.3, -0.25) is 0 Å². The van der Waals surface area contributed by atoms with E-state index in [4.69, 9.17) is 9.57 Å². The molecule has 1 aromatic carbocycles. The van der Waals surface area contributed by atoms with Crippen LogP contribution in [0.3, 0.4) is 0 Å². The summed E-state index contributed by atoms with van der Waals surface area (Å²) in [4.78, 5) is 29.5. The van der Waals surface area contributed by atoms with Gasteiger partial charge in [0.05, 0.1) is 12.5 Å². The monoisotopic (exact) mass is 380 g/mol. The van der Waals surface area contributed by atoms with E-state index in [0.717, 1.165) is 42.6 Å². The van der Waals surface area contributed by atoms with Crippen LogP contribution in [0.2, 0.25) is 0 Å². The molecule has 7 nitrogen and oxygen atoms in total. The number of ether oxygens (including phenoxy) is 1. The lowest BCUT2D eigenvalue weighted by Gasteiger charge is -2.23. The van der Waals surface area contributed by atoms with Crippen LogP contribution in [0.5, 0.6) is 5.75 Å². The summed E-state index contributed by atoms with van der Waals surface area (Å²) >= 11 is 0. The molecule has 3 aromatic rings. The normalized spacial score (nSPS) is 14.7. The average Bonchev–Trinajstić information content (AvgIpc) is 3.02. The first-order valence-electron chi connectivity index (χ1n) is 9.65. The molecule has 0 radical (unpaired) electrons. The molecule has 0 spiro atoms. The third-order valence-corrected chi connectivity index (χ3v) is 5.02. The fourth-order valence-electron chi connectivity index (χ4n) is 3.52. The zero-order valence-electron chi connectivity index (χ0n) is 16.0. The molecule has 0 atom stereocenters. The van der Waals surface area contributed by atoms with Crippen LogP contribution >= 0.6 is 0 Å². The topological polar surface area (TPSA) is 69.5 Å². The zero-order valence-corrected chi connectivity index (χ0v) is 16.0. The minimum absolute atomic E-state index is 0.236. The summed E-state index contributed by atoms with van der Waals surface area (Å²) in [6.45, 7) is 2.06. The van der Waals surface area contributed by atoms with Crippen LogP contribution in [0.1, 0.15) is 31.2 Å². The molecule has 0 saturated carbocycles. The first kappa shape index (κ1) is 18.3. The van der Waals surface area contributed by atoms with E-state index in [9.17, 15) is 4.79 Å². The maximum absolute atomic E-state index is 12.7. The zero-order chi connectivity index (χ0) is 19.3. The highest BCUT2D eigenvalue weighted by Gasteiger charge is 2.18. The highest BCUT2D eigenvalue weighted by atomic mass is 16.7. The summed E-state index contributed by atoms with van der Waals surface area (Å²) in [7, 11) is 1.63. The summed E-state index contributed by atoms with van der Waals surface area (Å²) in [5, 5.41) is 0.832. The Hall–Kier alpha value is -3.09. The summed E-state index contributed by atoms with van der Waals surface area (Å²) in [6.07, 6.45) is 6.33. The fraction of sp³-hybridized carbons (Fsp3) is 0.381. The third kappa shape index (κ3) is 3.78. The molecule has 0 amide bonds. The lowest BCUT2D eigenvalue weighted by Crippen LogP contribution is -2.34. The Morgan fingerprint density at radius 1 is 1.04 bits per heavy atom. The number of hydrogen-bond donors (Lipinski definition) is 0. The van der Waals surface area contributed by atoms with E-state index in [-0.39, 0.29) is 6.61 Å². The molecular weight excluding hydrogens is 356 g/mol. The van der Waals surface area contributed by atoms with Crippen molar-refractivity contribution in [2.75, 3.05) is 25.1 Å². The van der Waals surface area contributed by atoms with E-state index in [1.165, 1.54) is 17.6 Å². The van der Waals surface area contributed by atoms with Gasteiger partial charge < -0.3 is 14.5 Å². The Morgan fingerprint density at radius 3 is 2.50 bits per heavy atom. The van der Waals surface area contributed by atoms with Gasteiger partial charge in [-0.05, 0) is 42.7 Å². The lowest BCUT2D eigenvalue weighted by molar-refractivity contribution is 0.0949. The Kier molecular flexibility index (Phi) is 5.41. The first-order valence-corrected chi connectivity index (χ1v) is 9.65. The molecule has 146 valence electrons. The summed E-state index contributed by atoms with van der Waals surface area (Å²) in [5.41, 5.74) is 0.975. The number of pyridine rings is 1. The number of benzene rings is 1. The number of methoxy groups -OCH3 is 1. The van der Waals surface area contributed by atoms with Crippen molar-refractivity contribution in [3.63, 3.8) is 0 Å². The van der Waals surface area contributed by atoms with Gasteiger partial charge in [-0.2, -0.15) is 4.98 Å².